The zero-order chi connectivity index (χ0) is 18.9. The lowest BCUT2D eigenvalue weighted by Crippen LogP contribution is -2.60. The van der Waals surface area contributed by atoms with Crippen molar-refractivity contribution in [2.75, 3.05) is 6.54 Å². The van der Waals surface area contributed by atoms with Crippen molar-refractivity contribution >= 4 is 0 Å². The number of H-pyrrole nitrogens is 2. The molecule has 4 N–H and O–H groups in total. The topological polar surface area (TPSA) is 88.2 Å². The van der Waals surface area contributed by atoms with Crippen LogP contribution in [-0.4, -0.2) is 49.5 Å². The van der Waals surface area contributed by atoms with Crippen LogP contribution in [0, 0.1) is 0 Å². The molecule has 0 saturated carbocycles. The second kappa shape index (κ2) is 7.58. The average molecular weight is 379 g/mol. The maximum atomic E-state index is 6.81. The van der Waals surface area contributed by atoms with Crippen LogP contribution in [0.15, 0.2) is 48.6 Å². The smallest absolute Gasteiger partial charge is 0.197 e. The first kappa shape index (κ1) is 17.7. The first-order valence-corrected chi connectivity index (χ1v) is 10.2. The van der Waals surface area contributed by atoms with Gasteiger partial charge in [-0.3, -0.25) is 19.8 Å². The second-order valence-corrected chi connectivity index (χ2v) is 8.16. The molecule has 28 heavy (non-hydrogen) atoms. The molecule has 146 valence electrons. The van der Waals surface area contributed by atoms with Gasteiger partial charge in [-0.1, -0.05) is 23.8 Å². The summed E-state index contributed by atoms with van der Waals surface area (Å²) in [6.07, 6.45) is 17.4. The lowest BCUT2D eigenvalue weighted by atomic mass is 9.84. The Bertz CT molecular complexity index is 851. The van der Waals surface area contributed by atoms with E-state index in [4.69, 9.17) is 5.73 Å². The summed E-state index contributed by atoms with van der Waals surface area (Å²) in [5.41, 5.74) is 11.9. The third-order valence-electron chi connectivity index (χ3n) is 6.30. The number of nitrogens with one attached hydrogen (secondary N) is 2. The molecule has 4 heterocycles. The van der Waals surface area contributed by atoms with E-state index in [1.54, 1.807) is 12.4 Å². The van der Waals surface area contributed by atoms with E-state index < -0.39 is 0 Å². The standard InChI is InChI=1S/C21H27N7/c22-19-8-18(27-11-16-9-25-26-20(16)14-27)13-28(12-17-10-23-6-7-24-17)21(19)15-4-2-1-3-5-15/h1-2,4,6-7,9-10,18-19,21H,3,5,8,11-14,22H2,(H,25,26)/p+1. The summed E-state index contributed by atoms with van der Waals surface area (Å²) in [6.45, 7) is 3.74. The van der Waals surface area contributed by atoms with Crippen LogP contribution in [0.3, 0.4) is 0 Å². The number of aromatic nitrogens is 4. The number of aromatic amines is 2. The molecule has 2 aliphatic heterocycles. The molecule has 7 heteroatoms. The van der Waals surface area contributed by atoms with Crippen LogP contribution in [0.1, 0.15) is 36.2 Å². The maximum Gasteiger partial charge on any atom is 0.197 e. The summed E-state index contributed by atoms with van der Waals surface area (Å²) in [7, 11) is 0. The molecule has 0 bridgehead atoms. The number of nitrogens with two attached hydrogens (primary N) is 1. The van der Waals surface area contributed by atoms with Crippen molar-refractivity contribution in [2.45, 2.75) is 57.0 Å². The molecule has 0 radical (unpaired) electrons. The van der Waals surface area contributed by atoms with E-state index in [0.29, 0.717) is 6.04 Å². The molecule has 2 aromatic rings. The van der Waals surface area contributed by atoms with Crippen molar-refractivity contribution in [3.63, 3.8) is 0 Å². The van der Waals surface area contributed by atoms with E-state index in [1.165, 1.54) is 16.8 Å². The van der Waals surface area contributed by atoms with Gasteiger partial charge in [-0.2, -0.15) is 5.10 Å². The lowest BCUT2D eigenvalue weighted by Gasteiger charge is -2.47. The highest BCUT2D eigenvalue weighted by Crippen LogP contribution is 2.32. The minimum atomic E-state index is 0.124. The van der Waals surface area contributed by atoms with E-state index in [-0.39, 0.29) is 12.1 Å². The number of fused-ring (bicyclic) bond motifs is 1. The first-order valence-electron chi connectivity index (χ1n) is 10.2. The highest BCUT2D eigenvalue weighted by Gasteiger charge is 2.40. The van der Waals surface area contributed by atoms with Crippen LogP contribution >= 0.6 is 0 Å². The zero-order valence-corrected chi connectivity index (χ0v) is 16.1. The van der Waals surface area contributed by atoms with Gasteiger partial charge in [-0.05, 0) is 19.3 Å². The van der Waals surface area contributed by atoms with E-state index in [2.05, 4.69) is 54.4 Å². The van der Waals surface area contributed by atoms with Gasteiger partial charge in [-0.15, -0.1) is 5.10 Å². The van der Waals surface area contributed by atoms with Gasteiger partial charge in [0.15, 0.2) is 6.20 Å². The third-order valence-corrected chi connectivity index (χ3v) is 6.30. The second-order valence-electron chi connectivity index (χ2n) is 8.16. The summed E-state index contributed by atoms with van der Waals surface area (Å²) < 4.78 is 0. The molecular weight excluding hydrogens is 350 g/mol. The Balaban J connectivity index is 1.38. The van der Waals surface area contributed by atoms with Crippen molar-refractivity contribution in [1.82, 2.24) is 24.9 Å². The molecule has 7 nitrogen and oxygen atoms in total. The number of allylic oxidation sites excluding steroid dienone is 3. The Morgan fingerprint density at radius 1 is 1.29 bits per heavy atom. The number of piperidine rings is 1. The highest BCUT2D eigenvalue weighted by molar-refractivity contribution is 5.26. The Morgan fingerprint density at radius 2 is 2.25 bits per heavy atom. The van der Waals surface area contributed by atoms with Crippen LogP contribution in [-0.2, 0) is 19.6 Å². The average Bonchev–Trinajstić information content (AvgIpc) is 3.31. The molecule has 1 saturated heterocycles. The maximum absolute atomic E-state index is 6.81. The van der Waals surface area contributed by atoms with Gasteiger partial charge >= 0.3 is 0 Å². The Kier molecular flexibility index (Phi) is 4.80. The van der Waals surface area contributed by atoms with Crippen molar-refractivity contribution in [1.29, 1.82) is 0 Å². The van der Waals surface area contributed by atoms with E-state index in [9.17, 15) is 0 Å². The molecule has 0 spiro atoms. The lowest BCUT2D eigenvalue weighted by molar-refractivity contribution is -0.450. The third kappa shape index (κ3) is 3.41. The molecule has 2 aromatic heterocycles. The fourth-order valence-electron chi connectivity index (χ4n) is 4.99. The normalized spacial score (nSPS) is 28.3. The van der Waals surface area contributed by atoms with Crippen molar-refractivity contribution in [3.05, 3.63) is 65.5 Å². The number of nitrogens with zero attached hydrogens (tertiary/aromatic N) is 4. The zero-order valence-electron chi connectivity index (χ0n) is 16.1. The summed E-state index contributed by atoms with van der Waals surface area (Å²) in [4.78, 5) is 13.9. The number of hydrogen-bond acceptors (Lipinski definition) is 5. The van der Waals surface area contributed by atoms with Crippen LogP contribution in [0.4, 0.5) is 0 Å². The van der Waals surface area contributed by atoms with Crippen LogP contribution in [0.2, 0.25) is 0 Å². The molecule has 1 fully saturated rings. The summed E-state index contributed by atoms with van der Waals surface area (Å²) in [5, 5.41) is 6.37. The van der Waals surface area contributed by atoms with Crippen molar-refractivity contribution in [3.8, 4) is 0 Å². The van der Waals surface area contributed by atoms with Gasteiger partial charge in [0.25, 0.3) is 0 Å². The number of hydrogen-bond donors (Lipinski definition) is 2. The fraction of sp³-hybridized carbons (Fsp3) is 0.476. The SMILES string of the molecule is NC1CC(N2Cc3c[nH+][nH]c3C2)CN(Cc2cnccn2)C1C1=CC=CCC1. The Hall–Kier alpha value is -2.35. The molecule has 5 rings (SSSR count). The highest BCUT2D eigenvalue weighted by atomic mass is 15.3. The molecule has 3 aliphatic rings. The molecular formula is C21H28N7+. The molecule has 3 unspecified atom stereocenters. The molecule has 0 amide bonds. The number of rotatable bonds is 4. The molecule has 0 aromatic carbocycles. The molecule has 1 aliphatic carbocycles. The largest absolute Gasteiger partial charge is 0.326 e. The van der Waals surface area contributed by atoms with Gasteiger partial charge in [0.2, 0.25) is 0 Å². The van der Waals surface area contributed by atoms with Crippen LogP contribution in [0.25, 0.3) is 0 Å². The van der Waals surface area contributed by atoms with Gasteiger partial charge in [0.1, 0.15) is 0 Å². The molecule has 3 atom stereocenters. The van der Waals surface area contributed by atoms with Gasteiger partial charge < -0.3 is 5.73 Å². The summed E-state index contributed by atoms with van der Waals surface area (Å²) in [6, 6.07) is 0.846. The Morgan fingerprint density at radius 3 is 3.04 bits per heavy atom. The summed E-state index contributed by atoms with van der Waals surface area (Å²) >= 11 is 0. The monoisotopic (exact) mass is 378 g/mol. The summed E-state index contributed by atoms with van der Waals surface area (Å²) in [5.74, 6) is 0. The van der Waals surface area contributed by atoms with E-state index in [0.717, 1.165) is 51.1 Å². The predicted molar refractivity (Wildman–Crippen MR) is 106 cm³/mol. The minimum Gasteiger partial charge on any atom is -0.326 e. The number of likely N-dealkylation sites (tertiary alicyclic amines) is 1. The van der Waals surface area contributed by atoms with Gasteiger partial charge in [-0.25, -0.2) is 0 Å². The van der Waals surface area contributed by atoms with Crippen molar-refractivity contribution in [2.24, 2.45) is 5.73 Å². The van der Waals surface area contributed by atoms with E-state index in [1.807, 2.05) is 6.20 Å². The van der Waals surface area contributed by atoms with Crippen LogP contribution in [0.5, 0.6) is 0 Å². The minimum absolute atomic E-state index is 0.124. The van der Waals surface area contributed by atoms with E-state index >= 15 is 0 Å². The van der Waals surface area contributed by atoms with Crippen molar-refractivity contribution < 1.29 is 5.10 Å². The predicted octanol–water partition coefficient (Wildman–Crippen LogP) is 1.18. The quantitative estimate of drug-likeness (QED) is 0.834. The van der Waals surface area contributed by atoms with Gasteiger partial charge in [0, 0.05) is 62.9 Å². The Labute approximate surface area is 165 Å². The van der Waals surface area contributed by atoms with Gasteiger partial charge in [0.05, 0.1) is 17.0 Å². The fourth-order valence-corrected chi connectivity index (χ4v) is 4.99. The van der Waals surface area contributed by atoms with Crippen LogP contribution < -0.4 is 10.8 Å². The first-order chi connectivity index (χ1) is 13.8.